The van der Waals surface area contributed by atoms with Crippen molar-refractivity contribution in [3.63, 3.8) is 0 Å². The van der Waals surface area contributed by atoms with E-state index >= 15 is 0 Å². The molecule has 27 heavy (non-hydrogen) atoms. The maximum Gasteiger partial charge on any atom is 0.343 e. The zero-order valence-corrected chi connectivity index (χ0v) is 15.5. The summed E-state index contributed by atoms with van der Waals surface area (Å²) < 4.78 is 0. The van der Waals surface area contributed by atoms with Crippen LogP contribution in [0.3, 0.4) is 0 Å². The number of hydrogen-bond donors (Lipinski definition) is 0. The molecule has 0 aliphatic carbocycles. The molecular formula is C19H11Cl2N3O3. The summed E-state index contributed by atoms with van der Waals surface area (Å²) in [6.07, 6.45) is 1.41. The average Bonchev–Trinajstić information content (AvgIpc) is 2.85. The molecule has 0 radical (unpaired) electrons. The minimum atomic E-state index is -0.814. The number of anilines is 1. The number of benzene rings is 2. The van der Waals surface area contributed by atoms with E-state index in [1.54, 1.807) is 24.3 Å². The quantitative estimate of drug-likeness (QED) is 0.558. The highest BCUT2D eigenvalue weighted by molar-refractivity contribution is 6.37. The van der Waals surface area contributed by atoms with Gasteiger partial charge in [0, 0.05) is 17.0 Å². The van der Waals surface area contributed by atoms with Gasteiger partial charge in [0.1, 0.15) is 5.70 Å². The third-order valence-corrected chi connectivity index (χ3v) is 4.25. The fraction of sp³-hybridized carbons (Fsp3) is 0.0526. The van der Waals surface area contributed by atoms with E-state index in [2.05, 4.69) is 0 Å². The van der Waals surface area contributed by atoms with E-state index < -0.39 is 17.8 Å². The highest BCUT2D eigenvalue weighted by Crippen LogP contribution is 2.32. The maximum absolute atomic E-state index is 12.9. The number of carbonyl (C=O) groups is 3. The number of nitrogens with zero attached hydrogens (tertiary/aromatic N) is 3. The van der Waals surface area contributed by atoms with E-state index in [-0.39, 0.29) is 21.4 Å². The van der Waals surface area contributed by atoms with Gasteiger partial charge in [-0.3, -0.25) is 9.59 Å². The predicted octanol–water partition coefficient (Wildman–Crippen LogP) is 4.22. The van der Waals surface area contributed by atoms with Gasteiger partial charge in [-0.15, -0.1) is 0 Å². The zero-order chi connectivity index (χ0) is 19.7. The largest absolute Gasteiger partial charge is 0.343 e. The highest BCUT2D eigenvalue weighted by atomic mass is 35.5. The van der Waals surface area contributed by atoms with Crippen molar-refractivity contribution in [1.82, 2.24) is 4.90 Å². The van der Waals surface area contributed by atoms with Crippen LogP contribution < -0.4 is 4.90 Å². The van der Waals surface area contributed by atoms with Crippen molar-refractivity contribution in [3.8, 4) is 6.07 Å². The SMILES string of the molecule is CC(=O)N1C(=O)N(c2cc(Cl)cc(Cl)c2)C(=O)/C1=C/c1ccc(C#N)cc1. The van der Waals surface area contributed by atoms with Gasteiger partial charge < -0.3 is 0 Å². The summed E-state index contributed by atoms with van der Waals surface area (Å²) in [4.78, 5) is 39.2. The summed E-state index contributed by atoms with van der Waals surface area (Å²) >= 11 is 11.9. The molecule has 0 atom stereocenters. The van der Waals surface area contributed by atoms with E-state index in [4.69, 9.17) is 28.5 Å². The molecule has 0 bridgehead atoms. The van der Waals surface area contributed by atoms with Crippen LogP contribution in [-0.2, 0) is 9.59 Å². The smallest absolute Gasteiger partial charge is 0.274 e. The average molecular weight is 400 g/mol. The van der Waals surface area contributed by atoms with Crippen molar-refractivity contribution < 1.29 is 14.4 Å². The lowest BCUT2D eigenvalue weighted by atomic mass is 10.1. The van der Waals surface area contributed by atoms with E-state index in [1.165, 1.54) is 31.2 Å². The van der Waals surface area contributed by atoms with Crippen LogP contribution in [0.25, 0.3) is 6.08 Å². The summed E-state index contributed by atoms with van der Waals surface area (Å²) in [6.45, 7) is 1.19. The Kier molecular flexibility index (Phi) is 5.00. The molecule has 1 saturated heterocycles. The third kappa shape index (κ3) is 3.56. The fourth-order valence-electron chi connectivity index (χ4n) is 2.64. The molecule has 0 N–H and O–H groups in total. The van der Waals surface area contributed by atoms with Crippen molar-refractivity contribution in [2.24, 2.45) is 0 Å². The number of hydrogen-bond acceptors (Lipinski definition) is 4. The van der Waals surface area contributed by atoms with Gasteiger partial charge >= 0.3 is 6.03 Å². The van der Waals surface area contributed by atoms with Crippen molar-refractivity contribution >= 4 is 52.8 Å². The van der Waals surface area contributed by atoms with Crippen molar-refractivity contribution in [2.45, 2.75) is 6.92 Å². The number of imide groups is 2. The summed E-state index contributed by atoms with van der Waals surface area (Å²) in [7, 11) is 0. The molecule has 2 aromatic rings. The van der Waals surface area contributed by atoms with Crippen LogP contribution in [0.1, 0.15) is 18.1 Å². The van der Waals surface area contributed by atoms with Gasteiger partial charge in [-0.1, -0.05) is 35.3 Å². The molecular weight excluding hydrogens is 389 g/mol. The van der Waals surface area contributed by atoms with Gasteiger partial charge in [0.25, 0.3) is 5.91 Å². The lowest BCUT2D eigenvalue weighted by Crippen LogP contribution is -2.35. The van der Waals surface area contributed by atoms with Crippen LogP contribution >= 0.6 is 23.2 Å². The topological polar surface area (TPSA) is 81.5 Å². The number of nitriles is 1. The molecule has 0 unspecified atom stereocenters. The minimum absolute atomic E-state index is 0.103. The van der Waals surface area contributed by atoms with Gasteiger partial charge in [-0.25, -0.2) is 14.6 Å². The van der Waals surface area contributed by atoms with Crippen LogP contribution in [0.2, 0.25) is 10.0 Å². The molecule has 1 fully saturated rings. The Bertz CT molecular complexity index is 1020. The lowest BCUT2D eigenvalue weighted by Gasteiger charge is -2.14. The molecule has 1 aliphatic rings. The predicted molar refractivity (Wildman–Crippen MR) is 101 cm³/mol. The number of amides is 4. The molecule has 0 spiro atoms. The first-order valence-corrected chi connectivity index (χ1v) is 8.44. The minimum Gasteiger partial charge on any atom is -0.274 e. The summed E-state index contributed by atoms with van der Waals surface area (Å²) in [6, 6.07) is 11.8. The van der Waals surface area contributed by atoms with Crippen LogP contribution in [0.5, 0.6) is 0 Å². The van der Waals surface area contributed by atoms with Crippen LogP contribution in [0, 0.1) is 11.3 Å². The number of urea groups is 1. The molecule has 134 valence electrons. The van der Waals surface area contributed by atoms with Gasteiger partial charge in [0.15, 0.2) is 0 Å². The number of halogens is 2. The second-order valence-electron chi connectivity index (χ2n) is 5.67. The molecule has 3 rings (SSSR count). The summed E-state index contributed by atoms with van der Waals surface area (Å²) in [5.41, 5.74) is 1.07. The Morgan fingerprint density at radius 3 is 2.19 bits per heavy atom. The second-order valence-corrected chi connectivity index (χ2v) is 6.54. The third-order valence-electron chi connectivity index (χ3n) is 3.81. The van der Waals surface area contributed by atoms with Crippen LogP contribution in [0.15, 0.2) is 48.2 Å². The monoisotopic (exact) mass is 399 g/mol. The van der Waals surface area contributed by atoms with Crippen molar-refractivity contribution in [3.05, 3.63) is 69.3 Å². The molecule has 8 heteroatoms. The number of carbonyl (C=O) groups excluding carboxylic acids is 3. The fourth-order valence-corrected chi connectivity index (χ4v) is 3.15. The Labute approximate surface area is 164 Å². The highest BCUT2D eigenvalue weighted by Gasteiger charge is 2.44. The van der Waals surface area contributed by atoms with E-state index in [0.29, 0.717) is 11.1 Å². The van der Waals surface area contributed by atoms with Gasteiger partial charge in [-0.05, 0) is 42.0 Å². The van der Waals surface area contributed by atoms with Gasteiger partial charge in [0.05, 0.1) is 17.3 Å². The van der Waals surface area contributed by atoms with Crippen molar-refractivity contribution in [2.75, 3.05) is 4.90 Å². The first kappa shape index (κ1) is 18.6. The van der Waals surface area contributed by atoms with Crippen LogP contribution in [0.4, 0.5) is 10.5 Å². The van der Waals surface area contributed by atoms with Gasteiger partial charge in [0.2, 0.25) is 5.91 Å². The van der Waals surface area contributed by atoms with E-state index in [9.17, 15) is 14.4 Å². The molecule has 0 saturated carbocycles. The molecule has 1 aliphatic heterocycles. The Hall–Kier alpha value is -3.14. The van der Waals surface area contributed by atoms with Crippen molar-refractivity contribution in [1.29, 1.82) is 5.26 Å². The van der Waals surface area contributed by atoms with Gasteiger partial charge in [-0.2, -0.15) is 5.26 Å². The Morgan fingerprint density at radius 2 is 1.67 bits per heavy atom. The number of rotatable bonds is 2. The standard InChI is InChI=1S/C19H11Cl2N3O3/c1-11(25)23-17(6-12-2-4-13(10-22)5-3-12)18(26)24(19(23)27)16-8-14(20)7-15(21)9-16/h2-9H,1H3/b17-6-. The second kappa shape index (κ2) is 7.23. The zero-order valence-electron chi connectivity index (χ0n) is 13.9. The molecule has 1 heterocycles. The molecule has 4 amide bonds. The Balaban J connectivity index is 2.09. The molecule has 0 aromatic heterocycles. The summed E-state index contributed by atoms with van der Waals surface area (Å²) in [5.74, 6) is -1.29. The normalized spacial score (nSPS) is 15.4. The maximum atomic E-state index is 12.9. The Morgan fingerprint density at radius 1 is 1.07 bits per heavy atom. The van der Waals surface area contributed by atoms with Crippen LogP contribution in [-0.4, -0.2) is 22.7 Å². The molecule has 2 aromatic carbocycles. The first-order valence-electron chi connectivity index (χ1n) is 7.69. The molecule has 6 nitrogen and oxygen atoms in total. The first-order chi connectivity index (χ1) is 12.8. The summed E-state index contributed by atoms with van der Waals surface area (Å²) in [5, 5.41) is 9.36. The van der Waals surface area contributed by atoms with E-state index in [1.807, 2.05) is 6.07 Å². The van der Waals surface area contributed by atoms with E-state index in [0.717, 1.165) is 9.80 Å². The lowest BCUT2D eigenvalue weighted by molar-refractivity contribution is -0.125.